The van der Waals surface area contributed by atoms with Gasteiger partial charge in [-0.1, -0.05) is 13.8 Å². The van der Waals surface area contributed by atoms with Crippen molar-refractivity contribution in [2.45, 2.75) is 59.6 Å². The zero-order valence-electron chi connectivity index (χ0n) is 14.2. The molecule has 0 spiro atoms. The van der Waals surface area contributed by atoms with Crippen LogP contribution >= 0.6 is 0 Å². The van der Waals surface area contributed by atoms with Crippen molar-refractivity contribution in [1.29, 1.82) is 0 Å². The van der Waals surface area contributed by atoms with Crippen LogP contribution in [0.5, 0.6) is 5.88 Å². The summed E-state index contributed by atoms with van der Waals surface area (Å²) < 4.78 is 11.4. The van der Waals surface area contributed by atoms with Crippen LogP contribution in [0.4, 0.5) is 0 Å². The van der Waals surface area contributed by atoms with Gasteiger partial charge in [-0.15, -0.1) is 0 Å². The Labute approximate surface area is 129 Å². The summed E-state index contributed by atoms with van der Waals surface area (Å²) >= 11 is 0. The van der Waals surface area contributed by atoms with E-state index in [4.69, 9.17) is 9.47 Å². The molecule has 0 fully saturated rings. The number of nitrogens with one attached hydrogen (secondary N) is 1. The average Bonchev–Trinajstić information content (AvgIpc) is 2.43. The Hall–Kier alpha value is -1.13. The van der Waals surface area contributed by atoms with Crippen LogP contribution in [0.25, 0.3) is 0 Å². The number of hydrogen-bond acceptors (Lipinski definition) is 4. The molecule has 0 aliphatic heterocycles. The normalized spacial score (nSPS) is 11.7. The summed E-state index contributed by atoms with van der Waals surface area (Å²) in [4.78, 5) is 4.51. The molecule has 1 rings (SSSR count). The SMILES string of the molecule is CCCNCc1cc(CC)nc(OCCOC(C)(C)C)c1. The lowest BCUT2D eigenvalue weighted by Gasteiger charge is -2.19. The zero-order valence-corrected chi connectivity index (χ0v) is 14.2. The quantitative estimate of drug-likeness (QED) is 0.709. The maximum atomic E-state index is 5.73. The fraction of sp³-hybridized carbons (Fsp3) is 0.706. The Morgan fingerprint density at radius 2 is 1.90 bits per heavy atom. The molecular weight excluding hydrogens is 264 g/mol. The third-order valence-electron chi connectivity index (χ3n) is 2.90. The van der Waals surface area contributed by atoms with Gasteiger partial charge in [0, 0.05) is 18.3 Å². The van der Waals surface area contributed by atoms with E-state index in [-0.39, 0.29) is 5.60 Å². The highest BCUT2D eigenvalue weighted by atomic mass is 16.5. The smallest absolute Gasteiger partial charge is 0.213 e. The fourth-order valence-corrected chi connectivity index (χ4v) is 1.88. The third-order valence-corrected chi connectivity index (χ3v) is 2.90. The average molecular weight is 294 g/mol. The van der Waals surface area contributed by atoms with Crippen molar-refractivity contribution in [1.82, 2.24) is 10.3 Å². The lowest BCUT2D eigenvalue weighted by atomic mass is 10.2. The van der Waals surface area contributed by atoms with Gasteiger partial charge in [-0.25, -0.2) is 4.98 Å². The second-order valence-electron chi connectivity index (χ2n) is 6.14. The minimum atomic E-state index is -0.128. The maximum absolute atomic E-state index is 5.73. The van der Waals surface area contributed by atoms with Crippen molar-refractivity contribution in [3.63, 3.8) is 0 Å². The van der Waals surface area contributed by atoms with E-state index < -0.39 is 0 Å². The van der Waals surface area contributed by atoms with Gasteiger partial charge in [0.15, 0.2) is 0 Å². The van der Waals surface area contributed by atoms with Gasteiger partial charge < -0.3 is 14.8 Å². The Bertz CT molecular complexity index is 414. The van der Waals surface area contributed by atoms with Crippen molar-refractivity contribution in [2.24, 2.45) is 0 Å². The van der Waals surface area contributed by atoms with Crippen LogP contribution in [0.2, 0.25) is 0 Å². The maximum Gasteiger partial charge on any atom is 0.213 e. The number of aromatic nitrogens is 1. The topological polar surface area (TPSA) is 43.4 Å². The largest absolute Gasteiger partial charge is 0.475 e. The molecule has 0 saturated heterocycles. The summed E-state index contributed by atoms with van der Waals surface area (Å²) in [6, 6.07) is 4.15. The molecule has 0 unspecified atom stereocenters. The van der Waals surface area contributed by atoms with Gasteiger partial charge >= 0.3 is 0 Å². The van der Waals surface area contributed by atoms with Crippen LogP contribution in [0.1, 0.15) is 52.3 Å². The van der Waals surface area contributed by atoms with E-state index >= 15 is 0 Å². The van der Waals surface area contributed by atoms with E-state index in [0.717, 1.165) is 31.6 Å². The van der Waals surface area contributed by atoms with Crippen molar-refractivity contribution in [3.8, 4) is 5.88 Å². The first-order valence-electron chi connectivity index (χ1n) is 7.92. The molecule has 1 N–H and O–H groups in total. The van der Waals surface area contributed by atoms with Gasteiger partial charge in [-0.3, -0.25) is 0 Å². The van der Waals surface area contributed by atoms with E-state index in [1.807, 2.05) is 26.8 Å². The lowest BCUT2D eigenvalue weighted by Crippen LogP contribution is -2.22. The van der Waals surface area contributed by atoms with Crippen molar-refractivity contribution in [2.75, 3.05) is 19.8 Å². The zero-order chi connectivity index (χ0) is 15.7. The minimum Gasteiger partial charge on any atom is -0.475 e. The molecule has 120 valence electrons. The summed E-state index contributed by atoms with van der Waals surface area (Å²) in [6.07, 6.45) is 2.05. The molecule has 0 radical (unpaired) electrons. The molecule has 0 amide bonds. The van der Waals surface area contributed by atoms with Gasteiger partial charge in [0.1, 0.15) is 6.61 Å². The molecule has 0 saturated carbocycles. The van der Waals surface area contributed by atoms with E-state index in [2.05, 4.69) is 30.2 Å². The summed E-state index contributed by atoms with van der Waals surface area (Å²) in [5.74, 6) is 0.695. The molecule has 1 heterocycles. The first-order chi connectivity index (χ1) is 9.94. The Morgan fingerprint density at radius 3 is 2.52 bits per heavy atom. The summed E-state index contributed by atoms with van der Waals surface area (Å²) in [7, 11) is 0. The predicted molar refractivity (Wildman–Crippen MR) is 86.8 cm³/mol. The second-order valence-corrected chi connectivity index (χ2v) is 6.14. The molecule has 1 aromatic heterocycles. The summed E-state index contributed by atoms with van der Waals surface area (Å²) in [6.45, 7) is 13.4. The van der Waals surface area contributed by atoms with Gasteiger partial charge in [0.25, 0.3) is 0 Å². The molecule has 0 bridgehead atoms. The summed E-state index contributed by atoms with van der Waals surface area (Å²) in [5.41, 5.74) is 2.16. The molecule has 0 atom stereocenters. The number of nitrogens with zero attached hydrogens (tertiary/aromatic N) is 1. The van der Waals surface area contributed by atoms with Crippen molar-refractivity contribution >= 4 is 0 Å². The Balaban J connectivity index is 2.53. The molecule has 0 aliphatic carbocycles. The molecule has 1 aromatic rings. The van der Waals surface area contributed by atoms with E-state index in [0.29, 0.717) is 19.1 Å². The van der Waals surface area contributed by atoms with E-state index in [9.17, 15) is 0 Å². The Kier molecular flexibility index (Phi) is 7.68. The number of hydrogen-bond donors (Lipinski definition) is 1. The number of rotatable bonds is 9. The Morgan fingerprint density at radius 1 is 1.14 bits per heavy atom. The first-order valence-corrected chi connectivity index (χ1v) is 7.92. The fourth-order valence-electron chi connectivity index (χ4n) is 1.88. The number of ether oxygens (including phenoxy) is 2. The highest BCUT2D eigenvalue weighted by Crippen LogP contribution is 2.14. The standard InChI is InChI=1S/C17H30N2O2/c1-6-8-18-13-14-11-15(7-2)19-16(12-14)20-9-10-21-17(3,4)5/h11-12,18H,6-10,13H2,1-5H3. The van der Waals surface area contributed by atoms with Gasteiger partial charge in [-0.2, -0.15) is 0 Å². The van der Waals surface area contributed by atoms with Crippen molar-refractivity contribution in [3.05, 3.63) is 23.4 Å². The highest BCUT2D eigenvalue weighted by Gasteiger charge is 2.09. The third kappa shape index (κ3) is 8.02. The van der Waals surface area contributed by atoms with Crippen LogP contribution in [-0.4, -0.2) is 30.3 Å². The van der Waals surface area contributed by atoms with Crippen LogP contribution in [0.15, 0.2) is 12.1 Å². The van der Waals surface area contributed by atoms with Crippen LogP contribution in [0, 0.1) is 0 Å². The van der Waals surface area contributed by atoms with Crippen LogP contribution in [0.3, 0.4) is 0 Å². The molecular formula is C17H30N2O2. The van der Waals surface area contributed by atoms with Crippen LogP contribution in [-0.2, 0) is 17.7 Å². The van der Waals surface area contributed by atoms with Crippen molar-refractivity contribution < 1.29 is 9.47 Å². The predicted octanol–water partition coefficient (Wildman–Crippen LogP) is 3.34. The summed E-state index contributed by atoms with van der Waals surface area (Å²) in [5, 5.41) is 3.41. The highest BCUT2D eigenvalue weighted by molar-refractivity contribution is 5.25. The second kappa shape index (κ2) is 9.00. The van der Waals surface area contributed by atoms with Crippen LogP contribution < -0.4 is 10.1 Å². The number of aryl methyl sites for hydroxylation is 1. The monoisotopic (exact) mass is 294 g/mol. The minimum absolute atomic E-state index is 0.128. The molecule has 4 nitrogen and oxygen atoms in total. The first kappa shape index (κ1) is 17.9. The molecule has 0 aromatic carbocycles. The van der Waals surface area contributed by atoms with E-state index in [1.54, 1.807) is 0 Å². The van der Waals surface area contributed by atoms with Gasteiger partial charge in [0.05, 0.1) is 12.2 Å². The van der Waals surface area contributed by atoms with E-state index in [1.165, 1.54) is 5.56 Å². The molecule has 21 heavy (non-hydrogen) atoms. The molecule has 4 heteroatoms. The number of pyridine rings is 1. The molecule has 0 aliphatic rings. The van der Waals surface area contributed by atoms with Gasteiger partial charge in [0.2, 0.25) is 5.88 Å². The van der Waals surface area contributed by atoms with Gasteiger partial charge in [-0.05, 0) is 51.8 Å². The lowest BCUT2D eigenvalue weighted by molar-refractivity contribution is -0.0168.